The van der Waals surface area contributed by atoms with Crippen LogP contribution in [0.5, 0.6) is 0 Å². The van der Waals surface area contributed by atoms with Gasteiger partial charge in [0.2, 0.25) is 0 Å². The van der Waals surface area contributed by atoms with Crippen molar-refractivity contribution >= 4 is 17.4 Å². The van der Waals surface area contributed by atoms with E-state index >= 15 is 4.39 Å². The minimum Gasteiger partial charge on any atom is -0.372 e. The smallest absolute Gasteiger partial charge is 0.326 e. The third-order valence-corrected chi connectivity index (χ3v) is 7.31. The maximum atomic E-state index is 15.1. The summed E-state index contributed by atoms with van der Waals surface area (Å²) >= 11 is 0. The quantitative estimate of drug-likeness (QED) is 0.315. The molecule has 0 saturated heterocycles. The summed E-state index contributed by atoms with van der Waals surface area (Å²) < 4.78 is 29.0. The summed E-state index contributed by atoms with van der Waals surface area (Å²) in [4.78, 5) is 19.4. The first-order valence-corrected chi connectivity index (χ1v) is 13.4. The lowest BCUT2D eigenvalue weighted by Crippen LogP contribution is -2.42. The fourth-order valence-electron chi connectivity index (χ4n) is 5.60. The van der Waals surface area contributed by atoms with E-state index in [1.54, 1.807) is 4.90 Å². The van der Waals surface area contributed by atoms with Gasteiger partial charge in [-0.1, -0.05) is 24.8 Å². The minimum atomic E-state index is -0.637. The number of carbonyl (C=O) groups excluding carboxylic acids is 1. The molecule has 0 aliphatic carbocycles. The summed E-state index contributed by atoms with van der Waals surface area (Å²) in [6.07, 6.45) is 0. The van der Waals surface area contributed by atoms with Crippen LogP contribution in [0.2, 0.25) is 0 Å². The molecule has 0 fully saturated rings. The molecule has 0 radical (unpaired) electrons. The summed E-state index contributed by atoms with van der Waals surface area (Å²) in [5, 5.41) is 2.96. The number of halogens is 2. The molecule has 3 aromatic rings. The number of nitrogens with one attached hydrogen (secondary N) is 1. The largest absolute Gasteiger partial charge is 0.372 e. The van der Waals surface area contributed by atoms with E-state index in [-0.39, 0.29) is 12.6 Å². The van der Waals surface area contributed by atoms with Gasteiger partial charge < -0.3 is 10.2 Å². The van der Waals surface area contributed by atoms with Gasteiger partial charge in [-0.15, -0.1) is 0 Å². The van der Waals surface area contributed by atoms with E-state index in [0.29, 0.717) is 35.9 Å². The van der Waals surface area contributed by atoms with E-state index in [9.17, 15) is 9.18 Å². The average Bonchev–Trinajstić information content (AvgIpc) is 2.85. The topological polar surface area (TPSA) is 38.8 Å². The standard InChI is InChI=1S/C32H38F2N4O/c1-8-37(20(2)3)23(6)18-36(7)19-24-14-27(26-13-12-25(33)16-29(26)34)28-17-35-32(39)38(30(28)15-24)31-21(4)10-9-11-22(31)5/h9-16,20H,6,8,17-19H2,1-5,7H3,(H,35,39). The van der Waals surface area contributed by atoms with Gasteiger partial charge in [-0.05, 0) is 88.2 Å². The highest BCUT2D eigenvalue weighted by molar-refractivity contribution is 6.04. The summed E-state index contributed by atoms with van der Waals surface area (Å²) in [6, 6.07) is 13.6. The molecule has 3 aromatic carbocycles. The lowest BCUT2D eigenvalue weighted by Gasteiger charge is -2.35. The SMILES string of the molecule is C=C(CN(C)Cc1cc(-c2ccc(F)cc2F)c2c(c1)N(c1c(C)cccc1C)C(=O)NC2)N(CC)C(C)C. The van der Waals surface area contributed by atoms with E-state index in [2.05, 4.69) is 42.5 Å². The zero-order valence-electron chi connectivity index (χ0n) is 23.7. The lowest BCUT2D eigenvalue weighted by molar-refractivity contribution is 0.247. The first-order chi connectivity index (χ1) is 18.5. The molecule has 4 rings (SSSR count). The number of carbonyl (C=O) groups is 1. The number of rotatable bonds is 9. The third kappa shape index (κ3) is 5.83. The predicted octanol–water partition coefficient (Wildman–Crippen LogP) is 7.29. The first kappa shape index (κ1) is 28.3. The van der Waals surface area contributed by atoms with Crippen LogP contribution in [0.15, 0.2) is 60.8 Å². The Morgan fingerprint density at radius 3 is 2.38 bits per heavy atom. The number of amides is 2. The molecule has 206 valence electrons. The second-order valence-electron chi connectivity index (χ2n) is 10.6. The van der Waals surface area contributed by atoms with E-state index in [1.165, 1.54) is 12.1 Å². The maximum absolute atomic E-state index is 15.1. The number of aryl methyl sites for hydroxylation is 2. The zero-order chi connectivity index (χ0) is 28.4. The van der Waals surface area contributed by atoms with Crippen molar-refractivity contribution in [1.29, 1.82) is 0 Å². The maximum Gasteiger partial charge on any atom is 0.326 e. The van der Waals surface area contributed by atoms with Crippen LogP contribution in [0, 0.1) is 25.5 Å². The number of benzene rings is 3. The van der Waals surface area contributed by atoms with Gasteiger partial charge in [-0.3, -0.25) is 9.80 Å². The Kier molecular flexibility index (Phi) is 8.40. The molecular formula is C32H38F2N4O. The van der Waals surface area contributed by atoms with Gasteiger partial charge in [0.25, 0.3) is 0 Å². The van der Waals surface area contributed by atoms with Gasteiger partial charge in [0.1, 0.15) is 11.6 Å². The number of fused-ring (bicyclic) bond motifs is 1. The number of likely N-dealkylation sites (N-methyl/N-ethyl adjacent to an activating group) is 2. The van der Waals surface area contributed by atoms with E-state index in [4.69, 9.17) is 0 Å². The van der Waals surface area contributed by atoms with Crippen molar-refractivity contribution in [2.75, 3.05) is 25.0 Å². The van der Waals surface area contributed by atoms with Gasteiger partial charge in [0, 0.05) is 55.1 Å². The van der Waals surface area contributed by atoms with Crippen molar-refractivity contribution in [2.45, 2.75) is 53.8 Å². The van der Waals surface area contributed by atoms with E-state index in [0.717, 1.165) is 46.2 Å². The van der Waals surface area contributed by atoms with Crippen LogP contribution in [-0.4, -0.2) is 42.0 Å². The first-order valence-electron chi connectivity index (χ1n) is 13.4. The molecule has 1 aliphatic rings. The van der Waals surface area contributed by atoms with Crippen LogP contribution in [0.4, 0.5) is 25.0 Å². The predicted molar refractivity (Wildman–Crippen MR) is 155 cm³/mol. The monoisotopic (exact) mass is 532 g/mol. The number of hydrogen-bond acceptors (Lipinski definition) is 3. The van der Waals surface area contributed by atoms with Gasteiger partial charge in [-0.2, -0.15) is 0 Å². The van der Waals surface area contributed by atoms with Crippen molar-refractivity contribution in [1.82, 2.24) is 15.1 Å². The fourth-order valence-corrected chi connectivity index (χ4v) is 5.60. The highest BCUT2D eigenvalue weighted by Crippen LogP contribution is 2.41. The molecule has 1 N–H and O–H groups in total. The molecule has 5 nitrogen and oxygen atoms in total. The molecule has 0 unspecified atom stereocenters. The van der Waals surface area contributed by atoms with Crippen LogP contribution in [0.3, 0.4) is 0 Å². The molecule has 1 heterocycles. The zero-order valence-corrected chi connectivity index (χ0v) is 23.7. The molecule has 0 saturated carbocycles. The van der Waals surface area contributed by atoms with Crippen molar-refractivity contribution in [3.8, 4) is 11.1 Å². The molecule has 7 heteroatoms. The Balaban J connectivity index is 1.83. The second-order valence-corrected chi connectivity index (χ2v) is 10.6. The number of nitrogens with zero attached hydrogens (tertiary/aromatic N) is 3. The number of urea groups is 1. The highest BCUT2D eigenvalue weighted by atomic mass is 19.1. The van der Waals surface area contributed by atoms with E-state index < -0.39 is 11.6 Å². The van der Waals surface area contributed by atoms with Crippen molar-refractivity contribution in [3.05, 3.63) is 94.7 Å². The normalized spacial score (nSPS) is 13.1. The van der Waals surface area contributed by atoms with Crippen LogP contribution in [0.1, 0.15) is 43.0 Å². The Morgan fingerprint density at radius 1 is 1.08 bits per heavy atom. The summed E-state index contributed by atoms with van der Waals surface area (Å²) in [5.41, 5.74) is 7.09. The number of hydrogen-bond donors (Lipinski definition) is 1. The number of anilines is 2. The van der Waals surface area contributed by atoms with Crippen LogP contribution in [-0.2, 0) is 13.1 Å². The summed E-state index contributed by atoms with van der Waals surface area (Å²) in [6.45, 7) is 17.0. The summed E-state index contributed by atoms with van der Waals surface area (Å²) in [7, 11) is 2.02. The van der Waals surface area contributed by atoms with Crippen molar-refractivity contribution < 1.29 is 13.6 Å². The Labute approximate surface area is 230 Å². The Hall–Kier alpha value is -3.71. The highest BCUT2D eigenvalue weighted by Gasteiger charge is 2.31. The minimum absolute atomic E-state index is 0.236. The molecule has 0 spiro atoms. The Morgan fingerprint density at radius 2 is 1.77 bits per heavy atom. The fraction of sp³-hybridized carbons (Fsp3) is 0.344. The van der Waals surface area contributed by atoms with E-state index in [1.807, 2.05) is 51.2 Å². The number of para-hydroxylation sites is 1. The van der Waals surface area contributed by atoms with Gasteiger partial charge in [-0.25, -0.2) is 13.6 Å². The van der Waals surface area contributed by atoms with Crippen LogP contribution >= 0.6 is 0 Å². The third-order valence-electron chi connectivity index (χ3n) is 7.31. The molecule has 39 heavy (non-hydrogen) atoms. The molecule has 0 atom stereocenters. The van der Waals surface area contributed by atoms with Gasteiger partial charge >= 0.3 is 6.03 Å². The molecule has 1 aliphatic heterocycles. The Bertz CT molecular complexity index is 1380. The van der Waals surface area contributed by atoms with Gasteiger partial charge in [0.15, 0.2) is 0 Å². The molecular weight excluding hydrogens is 494 g/mol. The summed E-state index contributed by atoms with van der Waals surface area (Å²) in [5.74, 6) is -1.27. The van der Waals surface area contributed by atoms with Crippen LogP contribution in [0.25, 0.3) is 11.1 Å². The molecule has 2 amide bonds. The lowest BCUT2D eigenvalue weighted by atomic mass is 9.92. The van der Waals surface area contributed by atoms with Crippen LogP contribution < -0.4 is 10.2 Å². The van der Waals surface area contributed by atoms with Crippen molar-refractivity contribution in [3.63, 3.8) is 0 Å². The molecule has 0 bridgehead atoms. The average molecular weight is 533 g/mol. The molecule has 0 aromatic heterocycles. The second kappa shape index (κ2) is 11.6. The van der Waals surface area contributed by atoms with Crippen molar-refractivity contribution in [2.24, 2.45) is 0 Å². The van der Waals surface area contributed by atoms with Gasteiger partial charge in [0.05, 0.1) is 11.4 Å².